The fourth-order valence-corrected chi connectivity index (χ4v) is 2.62. The normalized spacial score (nSPS) is 10.2. The first-order valence-electron chi connectivity index (χ1n) is 7.93. The van der Waals surface area contributed by atoms with Gasteiger partial charge < -0.3 is 15.4 Å². The topological polar surface area (TPSA) is 76.1 Å². The zero-order chi connectivity index (χ0) is 18.4. The lowest BCUT2D eigenvalue weighted by Crippen LogP contribution is -2.19. The van der Waals surface area contributed by atoms with Crippen LogP contribution in [0.1, 0.15) is 5.69 Å². The van der Waals surface area contributed by atoms with Crippen LogP contribution in [0.4, 0.5) is 16.2 Å². The lowest BCUT2D eigenvalue weighted by atomic mass is 10.3. The molecular formula is C19H18N4O2S. The van der Waals surface area contributed by atoms with Gasteiger partial charge in [0, 0.05) is 22.3 Å². The van der Waals surface area contributed by atoms with Crippen molar-refractivity contribution in [1.29, 1.82) is 0 Å². The fraction of sp³-hybridized carbons (Fsp3) is 0.105. The van der Waals surface area contributed by atoms with Crippen molar-refractivity contribution >= 4 is 29.2 Å². The maximum atomic E-state index is 12.1. The molecule has 26 heavy (non-hydrogen) atoms. The highest BCUT2D eigenvalue weighted by Crippen LogP contribution is 2.22. The molecule has 0 bridgehead atoms. The average molecular weight is 366 g/mol. The van der Waals surface area contributed by atoms with Crippen LogP contribution in [-0.4, -0.2) is 22.5 Å². The van der Waals surface area contributed by atoms with Gasteiger partial charge in [0.25, 0.3) is 0 Å². The van der Waals surface area contributed by atoms with E-state index in [4.69, 9.17) is 4.74 Å². The number of carbonyl (C=O) groups excluding carboxylic acids is 1. The molecule has 0 aliphatic rings. The molecule has 2 aromatic carbocycles. The van der Waals surface area contributed by atoms with E-state index in [1.807, 2.05) is 43.5 Å². The van der Waals surface area contributed by atoms with E-state index in [0.29, 0.717) is 17.3 Å². The molecular weight excluding hydrogens is 348 g/mol. The third-order valence-corrected chi connectivity index (χ3v) is 4.16. The van der Waals surface area contributed by atoms with Crippen LogP contribution >= 0.6 is 11.8 Å². The minimum atomic E-state index is -0.304. The van der Waals surface area contributed by atoms with Gasteiger partial charge in [-0.3, -0.25) is 0 Å². The monoisotopic (exact) mass is 366 g/mol. The van der Waals surface area contributed by atoms with E-state index in [1.165, 1.54) is 0 Å². The van der Waals surface area contributed by atoms with Crippen LogP contribution in [0.3, 0.4) is 0 Å². The molecule has 0 radical (unpaired) electrons. The van der Waals surface area contributed by atoms with Gasteiger partial charge in [0.05, 0.1) is 5.69 Å². The van der Waals surface area contributed by atoms with Gasteiger partial charge in [-0.1, -0.05) is 6.07 Å². The number of amides is 2. The summed E-state index contributed by atoms with van der Waals surface area (Å²) >= 11 is 1.62. The van der Waals surface area contributed by atoms with Crippen molar-refractivity contribution in [1.82, 2.24) is 10.2 Å². The van der Waals surface area contributed by atoms with Gasteiger partial charge in [-0.2, -0.15) is 5.10 Å². The van der Waals surface area contributed by atoms with E-state index in [1.54, 1.807) is 42.1 Å². The number of hydrogen-bond acceptors (Lipinski definition) is 5. The molecule has 1 aromatic heterocycles. The lowest BCUT2D eigenvalue weighted by molar-refractivity contribution is 0.262. The predicted octanol–water partition coefficient (Wildman–Crippen LogP) is 4.94. The van der Waals surface area contributed by atoms with Gasteiger partial charge >= 0.3 is 6.03 Å². The molecule has 6 nitrogen and oxygen atoms in total. The van der Waals surface area contributed by atoms with Crippen LogP contribution in [0.5, 0.6) is 11.6 Å². The van der Waals surface area contributed by atoms with E-state index >= 15 is 0 Å². The van der Waals surface area contributed by atoms with Crippen molar-refractivity contribution in [3.8, 4) is 11.6 Å². The Morgan fingerprint density at radius 1 is 0.962 bits per heavy atom. The summed E-state index contributed by atoms with van der Waals surface area (Å²) in [5.74, 6) is 1.03. The van der Waals surface area contributed by atoms with E-state index in [2.05, 4.69) is 20.8 Å². The molecule has 3 aromatic rings. The summed E-state index contributed by atoms with van der Waals surface area (Å²) < 4.78 is 5.61. The van der Waals surface area contributed by atoms with Crippen LogP contribution in [0, 0.1) is 6.92 Å². The van der Waals surface area contributed by atoms with Crippen molar-refractivity contribution in [3.05, 3.63) is 66.4 Å². The molecule has 0 unspecified atom stereocenters. The summed E-state index contributed by atoms with van der Waals surface area (Å²) in [6.45, 7) is 1.86. The second kappa shape index (κ2) is 8.35. The first-order valence-corrected chi connectivity index (χ1v) is 9.15. The number of urea groups is 1. The molecule has 2 amide bonds. The second-order valence-electron chi connectivity index (χ2n) is 5.45. The molecule has 0 saturated heterocycles. The SMILES string of the molecule is CSc1cccc(NC(=O)Nc2ccc(Oc3ccc(C)nn3)cc2)c1. The first-order chi connectivity index (χ1) is 12.6. The Hall–Kier alpha value is -3.06. The molecule has 1 heterocycles. The average Bonchev–Trinajstić information content (AvgIpc) is 2.65. The Kier molecular flexibility index (Phi) is 5.70. The summed E-state index contributed by atoms with van der Waals surface area (Å²) in [4.78, 5) is 13.2. The molecule has 3 rings (SSSR count). The highest BCUT2D eigenvalue weighted by Gasteiger charge is 2.05. The molecule has 0 spiro atoms. The minimum absolute atomic E-state index is 0.304. The number of nitrogens with zero attached hydrogens (tertiary/aromatic N) is 2. The van der Waals surface area contributed by atoms with E-state index in [0.717, 1.165) is 16.3 Å². The van der Waals surface area contributed by atoms with Crippen LogP contribution in [0.25, 0.3) is 0 Å². The largest absolute Gasteiger partial charge is 0.438 e. The Morgan fingerprint density at radius 3 is 2.42 bits per heavy atom. The van der Waals surface area contributed by atoms with E-state index in [-0.39, 0.29) is 6.03 Å². The van der Waals surface area contributed by atoms with Gasteiger partial charge in [-0.25, -0.2) is 4.79 Å². The zero-order valence-corrected chi connectivity index (χ0v) is 15.2. The Labute approximate surface area is 156 Å². The molecule has 7 heteroatoms. The van der Waals surface area contributed by atoms with Gasteiger partial charge in [0.2, 0.25) is 5.88 Å². The summed E-state index contributed by atoms with van der Waals surface area (Å²) in [7, 11) is 0. The quantitative estimate of drug-likeness (QED) is 0.625. The summed E-state index contributed by atoms with van der Waals surface area (Å²) in [6, 6.07) is 18.0. The number of aromatic nitrogens is 2. The Bertz CT molecular complexity index is 883. The van der Waals surface area contributed by atoms with Crippen molar-refractivity contribution in [2.24, 2.45) is 0 Å². The van der Waals surface area contributed by atoms with Crippen molar-refractivity contribution in [2.75, 3.05) is 16.9 Å². The predicted molar refractivity (Wildman–Crippen MR) is 104 cm³/mol. The number of hydrogen-bond donors (Lipinski definition) is 2. The molecule has 132 valence electrons. The number of nitrogens with one attached hydrogen (secondary N) is 2. The van der Waals surface area contributed by atoms with Crippen molar-refractivity contribution in [2.45, 2.75) is 11.8 Å². The number of rotatable bonds is 5. The number of benzene rings is 2. The third-order valence-electron chi connectivity index (χ3n) is 3.44. The summed E-state index contributed by atoms with van der Waals surface area (Å²) in [5, 5.41) is 13.5. The van der Waals surface area contributed by atoms with Crippen LogP contribution in [0.15, 0.2) is 65.6 Å². The Morgan fingerprint density at radius 2 is 1.73 bits per heavy atom. The number of aryl methyl sites for hydroxylation is 1. The van der Waals surface area contributed by atoms with Crippen molar-refractivity contribution < 1.29 is 9.53 Å². The first kappa shape index (κ1) is 17.8. The molecule has 0 aliphatic carbocycles. The highest BCUT2D eigenvalue weighted by molar-refractivity contribution is 7.98. The highest BCUT2D eigenvalue weighted by atomic mass is 32.2. The van der Waals surface area contributed by atoms with Gasteiger partial charge in [0.1, 0.15) is 5.75 Å². The Balaban J connectivity index is 1.58. The number of thioether (sulfide) groups is 1. The van der Waals surface area contributed by atoms with E-state index < -0.39 is 0 Å². The van der Waals surface area contributed by atoms with Gasteiger partial charge in [0.15, 0.2) is 0 Å². The minimum Gasteiger partial charge on any atom is -0.438 e. The third kappa shape index (κ3) is 4.97. The molecule has 0 atom stereocenters. The summed E-state index contributed by atoms with van der Waals surface area (Å²) in [6.07, 6.45) is 1.99. The lowest BCUT2D eigenvalue weighted by Gasteiger charge is -2.09. The van der Waals surface area contributed by atoms with Crippen molar-refractivity contribution in [3.63, 3.8) is 0 Å². The van der Waals surface area contributed by atoms with Crippen LogP contribution < -0.4 is 15.4 Å². The molecule has 0 aliphatic heterocycles. The van der Waals surface area contributed by atoms with E-state index in [9.17, 15) is 4.79 Å². The smallest absolute Gasteiger partial charge is 0.323 e. The maximum absolute atomic E-state index is 12.1. The maximum Gasteiger partial charge on any atom is 0.323 e. The standard InChI is InChI=1S/C19H18N4O2S/c1-13-6-11-18(23-22-13)25-16-9-7-14(8-10-16)20-19(24)21-15-4-3-5-17(12-15)26-2/h3-12H,1-2H3,(H2,20,21,24). The molecule has 2 N–H and O–H groups in total. The van der Waals surface area contributed by atoms with Gasteiger partial charge in [-0.15, -0.1) is 16.9 Å². The number of ether oxygens (including phenoxy) is 1. The second-order valence-corrected chi connectivity index (χ2v) is 6.33. The number of carbonyl (C=O) groups is 1. The molecule has 0 saturated carbocycles. The fourth-order valence-electron chi connectivity index (χ4n) is 2.16. The van der Waals surface area contributed by atoms with Crippen LogP contribution in [-0.2, 0) is 0 Å². The molecule has 0 fully saturated rings. The number of anilines is 2. The van der Waals surface area contributed by atoms with Crippen LogP contribution in [0.2, 0.25) is 0 Å². The summed E-state index contributed by atoms with van der Waals surface area (Å²) in [5.41, 5.74) is 2.23. The van der Waals surface area contributed by atoms with Gasteiger partial charge in [-0.05, 0) is 61.7 Å². The zero-order valence-electron chi connectivity index (χ0n) is 14.4.